The quantitative estimate of drug-likeness (QED) is 0.696. The Kier molecular flexibility index (Phi) is 4.91. The summed E-state index contributed by atoms with van der Waals surface area (Å²) < 4.78 is 0. The highest BCUT2D eigenvalue weighted by atomic mass is 14.6. The van der Waals surface area contributed by atoms with Gasteiger partial charge in [-0.15, -0.1) is 0 Å². The van der Waals surface area contributed by atoms with Crippen molar-refractivity contribution in [1.29, 1.82) is 0 Å². The van der Waals surface area contributed by atoms with Gasteiger partial charge in [-0.1, -0.05) is 44.2 Å². The van der Waals surface area contributed by atoms with Gasteiger partial charge in [0.05, 0.1) is 0 Å². The van der Waals surface area contributed by atoms with Crippen LogP contribution < -0.4 is 0 Å². The molecule has 1 aromatic heterocycles. The number of aryl methyl sites for hydroxylation is 1. The second kappa shape index (κ2) is 6.89. The molecule has 0 N–H and O–H groups in total. The predicted octanol–water partition coefficient (Wildman–Crippen LogP) is 4.98. The molecule has 0 atom stereocenters. The van der Waals surface area contributed by atoms with Gasteiger partial charge in [0.25, 0.3) is 0 Å². The van der Waals surface area contributed by atoms with E-state index in [0.717, 1.165) is 0 Å². The van der Waals surface area contributed by atoms with E-state index in [9.17, 15) is 0 Å². The van der Waals surface area contributed by atoms with Crippen molar-refractivity contribution in [3.05, 3.63) is 65.5 Å². The van der Waals surface area contributed by atoms with Gasteiger partial charge in [0.1, 0.15) is 0 Å². The van der Waals surface area contributed by atoms with Crippen LogP contribution in [0.3, 0.4) is 0 Å². The summed E-state index contributed by atoms with van der Waals surface area (Å²) in [4.78, 5) is 4.05. The van der Waals surface area contributed by atoms with Crippen molar-refractivity contribution < 1.29 is 0 Å². The van der Waals surface area contributed by atoms with Crippen molar-refractivity contribution in [2.75, 3.05) is 0 Å². The number of fused-ring (bicyclic) bond motifs is 1. The maximum atomic E-state index is 4.05. The van der Waals surface area contributed by atoms with Gasteiger partial charge in [0.2, 0.25) is 0 Å². The molecule has 1 heteroatoms. The molecular weight excluding hydrogens is 230 g/mol. The maximum absolute atomic E-state index is 4.05. The molecule has 0 fully saturated rings. The zero-order valence-corrected chi connectivity index (χ0v) is 11.8. The van der Waals surface area contributed by atoms with Crippen molar-refractivity contribution in [3.8, 4) is 0 Å². The van der Waals surface area contributed by atoms with Gasteiger partial charge in [-0.3, -0.25) is 4.98 Å². The van der Waals surface area contributed by atoms with E-state index in [0.29, 0.717) is 0 Å². The summed E-state index contributed by atoms with van der Waals surface area (Å²) in [6, 6.07) is 12.9. The van der Waals surface area contributed by atoms with E-state index < -0.39 is 0 Å². The first kappa shape index (κ1) is 13.5. The standard InChI is InChI=1S/C16H15N.C2H6/c1-2-7-16-14(4-1)5-3-6-15(16)12-13-8-10-17-11-9-13;1-2/h1-2,4,7-12H,3,5-6H2;1-2H3. The number of nitrogens with zero attached hydrogens (tertiary/aromatic N) is 1. The lowest BCUT2D eigenvalue weighted by Gasteiger charge is -2.18. The fraction of sp³-hybridized carbons (Fsp3) is 0.278. The van der Waals surface area contributed by atoms with Crippen molar-refractivity contribution in [1.82, 2.24) is 4.98 Å². The molecule has 0 saturated heterocycles. The Balaban J connectivity index is 0.000000637. The third-order valence-electron chi connectivity index (χ3n) is 3.30. The number of hydrogen-bond donors (Lipinski definition) is 0. The number of allylic oxidation sites excluding steroid dienone is 1. The Labute approximate surface area is 116 Å². The highest BCUT2D eigenvalue weighted by Gasteiger charge is 2.12. The van der Waals surface area contributed by atoms with Gasteiger partial charge in [-0.05, 0) is 53.7 Å². The third-order valence-corrected chi connectivity index (χ3v) is 3.30. The van der Waals surface area contributed by atoms with E-state index in [4.69, 9.17) is 0 Å². The van der Waals surface area contributed by atoms with Crippen molar-refractivity contribution >= 4 is 11.6 Å². The molecule has 0 saturated carbocycles. The summed E-state index contributed by atoms with van der Waals surface area (Å²) in [7, 11) is 0. The van der Waals surface area contributed by atoms with E-state index >= 15 is 0 Å². The van der Waals surface area contributed by atoms with E-state index in [1.54, 1.807) is 0 Å². The SMILES string of the molecule is C(=C1CCCc2ccccc21)c1ccncc1.CC. The topological polar surface area (TPSA) is 12.9 Å². The minimum atomic E-state index is 1.18. The molecule has 19 heavy (non-hydrogen) atoms. The monoisotopic (exact) mass is 251 g/mol. The van der Waals surface area contributed by atoms with Crippen LogP contribution in [0.4, 0.5) is 0 Å². The van der Waals surface area contributed by atoms with Crippen LogP contribution in [0.2, 0.25) is 0 Å². The summed E-state index contributed by atoms with van der Waals surface area (Å²) in [5.41, 5.74) is 5.61. The molecule has 1 heterocycles. The van der Waals surface area contributed by atoms with Crippen LogP contribution in [0.5, 0.6) is 0 Å². The average Bonchev–Trinajstić information content (AvgIpc) is 2.51. The van der Waals surface area contributed by atoms with Crippen LogP contribution in [0.1, 0.15) is 43.4 Å². The summed E-state index contributed by atoms with van der Waals surface area (Å²) in [5.74, 6) is 0. The summed E-state index contributed by atoms with van der Waals surface area (Å²) in [6.07, 6.45) is 9.64. The van der Waals surface area contributed by atoms with E-state index in [1.165, 1.54) is 41.5 Å². The number of rotatable bonds is 1. The molecule has 0 bridgehead atoms. The molecule has 0 spiro atoms. The first-order chi connectivity index (χ1) is 9.43. The van der Waals surface area contributed by atoms with Crippen LogP contribution >= 0.6 is 0 Å². The Morgan fingerprint density at radius 1 is 0.947 bits per heavy atom. The number of benzene rings is 1. The number of hydrogen-bond acceptors (Lipinski definition) is 1. The molecule has 3 rings (SSSR count). The highest BCUT2D eigenvalue weighted by molar-refractivity contribution is 5.83. The second-order valence-electron chi connectivity index (χ2n) is 4.46. The molecule has 2 aromatic rings. The van der Waals surface area contributed by atoms with Crippen molar-refractivity contribution in [3.63, 3.8) is 0 Å². The molecular formula is C18H21N. The normalized spacial score (nSPS) is 15.4. The molecule has 0 radical (unpaired) electrons. The minimum absolute atomic E-state index is 1.18. The minimum Gasteiger partial charge on any atom is -0.265 e. The smallest absolute Gasteiger partial charge is 0.0273 e. The summed E-state index contributed by atoms with van der Waals surface area (Å²) in [5, 5.41) is 0. The molecule has 0 amide bonds. The van der Waals surface area contributed by atoms with Crippen molar-refractivity contribution in [2.24, 2.45) is 0 Å². The fourth-order valence-electron chi connectivity index (χ4n) is 2.47. The van der Waals surface area contributed by atoms with Gasteiger partial charge in [0.15, 0.2) is 0 Å². The van der Waals surface area contributed by atoms with Crippen LogP contribution in [-0.2, 0) is 6.42 Å². The van der Waals surface area contributed by atoms with E-state index in [-0.39, 0.29) is 0 Å². The number of pyridine rings is 1. The third kappa shape index (κ3) is 3.31. The Bertz CT molecular complexity index is 541. The highest BCUT2D eigenvalue weighted by Crippen LogP contribution is 2.31. The Morgan fingerprint density at radius 3 is 2.47 bits per heavy atom. The number of aromatic nitrogens is 1. The zero-order valence-electron chi connectivity index (χ0n) is 11.8. The molecule has 1 aromatic carbocycles. The lowest BCUT2D eigenvalue weighted by Crippen LogP contribution is -2.00. The Hall–Kier alpha value is -1.89. The lowest BCUT2D eigenvalue weighted by atomic mass is 9.86. The first-order valence-corrected chi connectivity index (χ1v) is 7.12. The molecule has 98 valence electrons. The van der Waals surface area contributed by atoms with Crippen LogP contribution in [0.15, 0.2) is 48.8 Å². The van der Waals surface area contributed by atoms with E-state index in [1.807, 2.05) is 26.2 Å². The first-order valence-electron chi connectivity index (χ1n) is 7.12. The van der Waals surface area contributed by atoms with Crippen LogP contribution in [0, 0.1) is 0 Å². The summed E-state index contributed by atoms with van der Waals surface area (Å²) in [6.45, 7) is 4.00. The zero-order chi connectivity index (χ0) is 13.5. The fourth-order valence-corrected chi connectivity index (χ4v) is 2.47. The van der Waals surface area contributed by atoms with Gasteiger partial charge < -0.3 is 0 Å². The largest absolute Gasteiger partial charge is 0.265 e. The van der Waals surface area contributed by atoms with Crippen molar-refractivity contribution in [2.45, 2.75) is 33.1 Å². The maximum Gasteiger partial charge on any atom is 0.0273 e. The lowest BCUT2D eigenvalue weighted by molar-refractivity contribution is 0.824. The molecule has 1 nitrogen and oxygen atoms in total. The predicted molar refractivity (Wildman–Crippen MR) is 82.8 cm³/mol. The van der Waals surface area contributed by atoms with Gasteiger partial charge in [0, 0.05) is 12.4 Å². The summed E-state index contributed by atoms with van der Waals surface area (Å²) >= 11 is 0. The van der Waals surface area contributed by atoms with E-state index in [2.05, 4.69) is 47.5 Å². The molecule has 1 aliphatic carbocycles. The second-order valence-corrected chi connectivity index (χ2v) is 4.46. The van der Waals surface area contributed by atoms with Gasteiger partial charge in [-0.25, -0.2) is 0 Å². The van der Waals surface area contributed by atoms with Gasteiger partial charge in [-0.2, -0.15) is 0 Å². The molecule has 0 unspecified atom stereocenters. The van der Waals surface area contributed by atoms with Crippen LogP contribution in [-0.4, -0.2) is 4.98 Å². The molecule has 1 aliphatic rings. The molecule has 0 aliphatic heterocycles. The van der Waals surface area contributed by atoms with Crippen LogP contribution in [0.25, 0.3) is 11.6 Å². The van der Waals surface area contributed by atoms with Gasteiger partial charge >= 0.3 is 0 Å². The average molecular weight is 251 g/mol. The Morgan fingerprint density at radius 2 is 1.68 bits per heavy atom.